The zero-order chi connectivity index (χ0) is 13.8. The van der Waals surface area contributed by atoms with Crippen molar-refractivity contribution in [3.8, 4) is 11.1 Å². The molecule has 20 heavy (non-hydrogen) atoms. The van der Waals surface area contributed by atoms with Crippen LogP contribution in [0.15, 0.2) is 48.5 Å². The van der Waals surface area contributed by atoms with Gasteiger partial charge in [0.1, 0.15) is 0 Å². The van der Waals surface area contributed by atoms with E-state index in [0.29, 0.717) is 12.7 Å². The number of hydrogen-bond donors (Lipinski definition) is 1. The monoisotopic (exact) mass is 287 g/mol. The topological polar surface area (TPSA) is 21.3 Å². The standard InChI is InChI=1S/C17H18ClNO/c18-15-7-5-13(6-8-15)17-4-2-1-3-14(17)12-20-16-9-10-19-11-16/h1-8,16,19H,9-12H2/t16-/m0/s1. The molecule has 1 fully saturated rings. The Morgan fingerprint density at radius 1 is 1.10 bits per heavy atom. The fourth-order valence-electron chi connectivity index (χ4n) is 2.54. The molecule has 1 N–H and O–H groups in total. The van der Waals surface area contributed by atoms with Crippen LogP contribution in [0.3, 0.4) is 0 Å². The first-order chi connectivity index (χ1) is 9.83. The van der Waals surface area contributed by atoms with Crippen LogP contribution in [0.5, 0.6) is 0 Å². The Hall–Kier alpha value is -1.35. The summed E-state index contributed by atoms with van der Waals surface area (Å²) < 4.78 is 5.99. The minimum atomic E-state index is 0.341. The van der Waals surface area contributed by atoms with Crippen molar-refractivity contribution >= 4 is 11.6 Å². The zero-order valence-corrected chi connectivity index (χ0v) is 12.1. The molecular formula is C17H18ClNO. The first-order valence-electron chi connectivity index (χ1n) is 6.99. The molecule has 2 nitrogen and oxygen atoms in total. The van der Waals surface area contributed by atoms with E-state index < -0.39 is 0 Å². The number of ether oxygens (including phenoxy) is 1. The molecule has 0 spiro atoms. The summed E-state index contributed by atoms with van der Waals surface area (Å²) in [7, 11) is 0. The average Bonchev–Trinajstić information content (AvgIpc) is 3.00. The van der Waals surface area contributed by atoms with Gasteiger partial charge in [-0.05, 0) is 41.8 Å². The highest BCUT2D eigenvalue weighted by molar-refractivity contribution is 6.30. The van der Waals surface area contributed by atoms with Crippen LogP contribution >= 0.6 is 11.6 Å². The molecule has 3 rings (SSSR count). The number of hydrogen-bond acceptors (Lipinski definition) is 2. The second-order valence-electron chi connectivity index (χ2n) is 5.09. The van der Waals surface area contributed by atoms with E-state index in [9.17, 15) is 0 Å². The number of benzene rings is 2. The van der Waals surface area contributed by atoms with Gasteiger partial charge in [0.2, 0.25) is 0 Å². The van der Waals surface area contributed by atoms with E-state index in [2.05, 4.69) is 41.7 Å². The summed E-state index contributed by atoms with van der Waals surface area (Å²) in [6, 6.07) is 16.3. The van der Waals surface area contributed by atoms with E-state index in [1.165, 1.54) is 16.7 Å². The molecule has 1 saturated heterocycles. The molecule has 0 aromatic heterocycles. The molecule has 1 aliphatic rings. The largest absolute Gasteiger partial charge is 0.372 e. The summed E-state index contributed by atoms with van der Waals surface area (Å²) in [5, 5.41) is 4.08. The minimum Gasteiger partial charge on any atom is -0.372 e. The molecule has 1 atom stereocenters. The lowest BCUT2D eigenvalue weighted by atomic mass is 10.0. The van der Waals surface area contributed by atoms with Gasteiger partial charge in [0.15, 0.2) is 0 Å². The van der Waals surface area contributed by atoms with Crippen molar-refractivity contribution < 1.29 is 4.74 Å². The van der Waals surface area contributed by atoms with Gasteiger partial charge in [-0.25, -0.2) is 0 Å². The Morgan fingerprint density at radius 2 is 1.90 bits per heavy atom. The lowest BCUT2D eigenvalue weighted by molar-refractivity contribution is 0.0545. The molecule has 1 heterocycles. The van der Waals surface area contributed by atoms with Crippen LogP contribution < -0.4 is 5.32 Å². The second-order valence-corrected chi connectivity index (χ2v) is 5.53. The van der Waals surface area contributed by atoms with Gasteiger partial charge in [-0.15, -0.1) is 0 Å². The molecule has 0 aliphatic carbocycles. The summed E-state index contributed by atoms with van der Waals surface area (Å²) in [5.74, 6) is 0. The molecule has 3 heteroatoms. The first kappa shape index (κ1) is 13.6. The van der Waals surface area contributed by atoms with Crippen molar-refractivity contribution in [3.05, 3.63) is 59.1 Å². The number of rotatable bonds is 4. The lowest BCUT2D eigenvalue weighted by Gasteiger charge is -2.14. The quantitative estimate of drug-likeness (QED) is 0.921. The minimum absolute atomic E-state index is 0.341. The molecule has 2 aromatic rings. The third kappa shape index (κ3) is 3.21. The fourth-order valence-corrected chi connectivity index (χ4v) is 2.66. The van der Waals surface area contributed by atoms with Gasteiger partial charge < -0.3 is 10.1 Å². The van der Waals surface area contributed by atoms with Gasteiger partial charge in [0.25, 0.3) is 0 Å². The molecule has 0 bridgehead atoms. The van der Waals surface area contributed by atoms with Crippen LogP contribution in [0.2, 0.25) is 5.02 Å². The van der Waals surface area contributed by atoms with E-state index >= 15 is 0 Å². The lowest BCUT2D eigenvalue weighted by Crippen LogP contribution is -2.16. The molecular weight excluding hydrogens is 270 g/mol. The molecule has 1 aliphatic heterocycles. The van der Waals surface area contributed by atoms with E-state index in [0.717, 1.165) is 24.5 Å². The highest BCUT2D eigenvalue weighted by Gasteiger charge is 2.15. The van der Waals surface area contributed by atoms with Gasteiger partial charge in [-0.3, -0.25) is 0 Å². The van der Waals surface area contributed by atoms with E-state index in [1.807, 2.05) is 12.1 Å². The van der Waals surface area contributed by atoms with Gasteiger partial charge >= 0.3 is 0 Å². The van der Waals surface area contributed by atoms with Crippen LogP contribution in [-0.4, -0.2) is 19.2 Å². The Labute approximate surface area is 124 Å². The highest BCUT2D eigenvalue weighted by Crippen LogP contribution is 2.26. The smallest absolute Gasteiger partial charge is 0.0727 e. The Morgan fingerprint density at radius 3 is 2.65 bits per heavy atom. The van der Waals surface area contributed by atoms with Crippen LogP contribution in [0, 0.1) is 0 Å². The molecule has 0 saturated carbocycles. The SMILES string of the molecule is Clc1ccc(-c2ccccc2CO[C@H]2CCNC2)cc1. The van der Waals surface area contributed by atoms with E-state index in [4.69, 9.17) is 16.3 Å². The maximum Gasteiger partial charge on any atom is 0.0727 e. The summed E-state index contributed by atoms with van der Waals surface area (Å²) in [4.78, 5) is 0. The third-order valence-corrected chi connectivity index (χ3v) is 3.91. The van der Waals surface area contributed by atoms with E-state index in [-0.39, 0.29) is 0 Å². The van der Waals surface area contributed by atoms with Gasteiger partial charge in [-0.1, -0.05) is 48.0 Å². The van der Waals surface area contributed by atoms with Crippen LogP contribution in [0.25, 0.3) is 11.1 Å². The van der Waals surface area contributed by atoms with Crippen molar-refractivity contribution in [2.75, 3.05) is 13.1 Å². The predicted molar refractivity (Wildman–Crippen MR) is 83.0 cm³/mol. The summed E-state index contributed by atoms with van der Waals surface area (Å²) in [5.41, 5.74) is 3.62. The molecule has 2 aromatic carbocycles. The summed E-state index contributed by atoms with van der Waals surface area (Å²) >= 11 is 5.95. The van der Waals surface area contributed by atoms with Gasteiger partial charge in [0.05, 0.1) is 12.7 Å². The summed E-state index contributed by atoms with van der Waals surface area (Å²) in [6.07, 6.45) is 1.44. The maximum absolute atomic E-state index is 5.99. The fraction of sp³-hybridized carbons (Fsp3) is 0.294. The van der Waals surface area contributed by atoms with Crippen molar-refractivity contribution in [2.24, 2.45) is 0 Å². The number of halogens is 1. The first-order valence-corrected chi connectivity index (χ1v) is 7.37. The van der Waals surface area contributed by atoms with Crippen molar-refractivity contribution in [3.63, 3.8) is 0 Å². The van der Waals surface area contributed by atoms with Crippen LogP contribution in [0.1, 0.15) is 12.0 Å². The number of nitrogens with one attached hydrogen (secondary N) is 1. The Bertz CT molecular complexity index is 561. The Balaban J connectivity index is 1.78. The maximum atomic E-state index is 5.99. The third-order valence-electron chi connectivity index (χ3n) is 3.66. The molecule has 0 radical (unpaired) electrons. The second kappa shape index (κ2) is 6.40. The van der Waals surface area contributed by atoms with Crippen molar-refractivity contribution in [2.45, 2.75) is 19.1 Å². The Kier molecular flexibility index (Phi) is 4.36. The normalized spacial score (nSPS) is 18.4. The van der Waals surface area contributed by atoms with Gasteiger partial charge in [-0.2, -0.15) is 0 Å². The average molecular weight is 288 g/mol. The van der Waals surface area contributed by atoms with Crippen LogP contribution in [0.4, 0.5) is 0 Å². The zero-order valence-electron chi connectivity index (χ0n) is 11.3. The molecule has 0 amide bonds. The molecule has 0 unspecified atom stereocenters. The van der Waals surface area contributed by atoms with Crippen molar-refractivity contribution in [1.29, 1.82) is 0 Å². The molecule has 104 valence electrons. The van der Waals surface area contributed by atoms with E-state index in [1.54, 1.807) is 0 Å². The predicted octanol–water partition coefficient (Wildman–Crippen LogP) is 3.89. The highest BCUT2D eigenvalue weighted by atomic mass is 35.5. The summed E-state index contributed by atoms with van der Waals surface area (Å²) in [6.45, 7) is 2.68. The van der Waals surface area contributed by atoms with Gasteiger partial charge in [0, 0.05) is 11.6 Å². The van der Waals surface area contributed by atoms with Crippen molar-refractivity contribution in [1.82, 2.24) is 5.32 Å². The van der Waals surface area contributed by atoms with Crippen LogP contribution in [-0.2, 0) is 11.3 Å².